The average Bonchev–Trinajstić information content (AvgIpc) is 2.75. The van der Waals surface area contributed by atoms with Gasteiger partial charge in [0, 0.05) is 5.94 Å². The zero-order valence-corrected chi connectivity index (χ0v) is 21.1. The van der Waals surface area contributed by atoms with Crippen LogP contribution in [-0.4, -0.2) is 30.4 Å². The Morgan fingerprint density at radius 2 is 1.91 bits per heavy atom. The summed E-state index contributed by atoms with van der Waals surface area (Å²) in [4.78, 5) is 15.9. The minimum atomic E-state index is -0.471. The van der Waals surface area contributed by atoms with Crippen LogP contribution in [0, 0.1) is 29.1 Å². The maximum absolute atomic E-state index is 13.2. The van der Waals surface area contributed by atoms with Gasteiger partial charge in [0.25, 0.3) is 0 Å². The number of hydrogen-bond acceptors (Lipinski definition) is 3. The van der Waals surface area contributed by atoms with Crippen LogP contribution in [0.3, 0.4) is 0 Å². The smallest absolute Gasteiger partial charge is 0.316 e. The lowest BCUT2D eigenvalue weighted by Gasteiger charge is -2.69. The number of carbonyl (C=O) groups is 1. The summed E-state index contributed by atoms with van der Waals surface area (Å²) >= 11 is 6.01. The molecule has 3 saturated carbocycles. The van der Waals surface area contributed by atoms with Crippen molar-refractivity contribution in [2.24, 2.45) is 29.1 Å². The van der Waals surface area contributed by atoms with Crippen molar-refractivity contribution >= 4 is 24.6 Å². The van der Waals surface area contributed by atoms with Gasteiger partial charge in [-0.25, -0.2) is 4.84 Å². The van der Waals surface area contributed by atoms with E-state index in [0.29, 0.717) is 29.6 Å². The highest BCUT2D eigenvalue weighted by Gasteiger charge is 2.65. The third-order valence-electron chi connectivity index (χ3n) is 8.98. The highest BCUT2D eigenvalue weighted by atomic mass is 35.5. The molecular formula is C26H40BClN2O2. The Bertz CT molecular complexity index is 804. The Morgan fingerprint density at radius 1 is 1.19 bits per heavy atom. The Kier molecular flexibility index (Phi) is 7.01. The molecule has 4 aliphatic rings. The van der Waals surface area contributed by atoms with E-state index in [0.717, 1.165) is 24.2 Å². The van der Waals surface area contributed by atoms with Gasteiger partial charge in [-0.15, -0.1) is 0 Å². The maximum Gasteiger partial charge on any atom is 0.316 e. The van der Waals surface area contributed by atoms with Crippen molar-refractivity contribution < 1.29 is 9.45 Å². The van der Waals surface area contributed by atoms with Gasteiger partial charge in [-0.1, -0.05) is 64.4 Å². The second-order valence-corrected chi connectivity index (χ2v) is 12.0. The number of hydrogen-bond donors (Lipinski definition) is 2. The van der Waals surface area contributed by atoms with E-state index in [4.69, 9.17) is 16.4 Å². The molecule has 1 aromatic carbocycles. The molecule has 1 aliphatic heterocycles. The van der Waals surface area contributed by atoms with Crippen LogP contribution >= 0.6 is 11.8 Å². The third-order valence-corrected chi connectivity index (χ3v) is 9.24. The van der Waals surface area contributed by atoms with Crippen molar-refractivity contribution in [1.29, 1.82) is 0 Å². The van der Waals surface area contributed by atoms with Crippen LogP contribution in [0.25, 0.3) is 0 Å². The fourth-order valence-electron chi connectivity index (χ4n) is 6.99. The lowest BCUT2D eigenvalue weighted by Crippen LogP contribution is -2.69. The normalized spacial score (nSPS) is 32.6. The molecule has 4 fully saturated rings. The highest BCUT2D eigenvalue weighted by molar-refractivity contribution is 6.54. The summed E-state index contributed by atoms with van der Waals surface area (Å²) in [7, 11) is 0. The van der Waals surface area contributed by atoms with Gasteiger partial charge < -0.3 is 9.97 Å². The van der Waals surface area contributed by atoms with Crippen LogP contribution in [0.4, 0.5) is 0 Å². The van der Waals surface area contributed by atoms with Crippen LogP contribution in [0.15, 0.2) is 30.3 Å². The average molecular weight is 459 g/mol. The van der Waals surface area contributed by atoms with Crippen molar-refractivity contribution in [1.82, 2.24) is 10.2 Å². The molecular weight excluding hydrogens is 419 g/mol. The molecule has 4 nitrogen and oxygen atoms in total. The van der Waals surface area contributed by atoms with Gasteiger partial charge in [0.2, 0.25) is 5.91 Å². The van der Waals surface area contributed by atoms with E-state index in [1.54, 1.807) is 0 Å². The maximum atomic E-state index is 13.2. The number of halogens is 1. The van der Waals surface area contributed by atoms with Gasteiger partial charge >= 0.3 is 6.92 Å². The zero-order chi connectivity index (χ0) is 23.1. The van der Waals surface area contributed by atoms with Crippen molar-refractivity contribution in [3.05, 3.63) is 35.9 Å². The summed E-state index contributed by atoms with van der Waals surface area (Å²) in [6.45, 7) is 11.7. The number of rotatable bonds is 8. The first kappa shape index (κ1) is 24.1. The Balaban J connectivity index is 1.46. The van der Waals surface area contributed by atoms with Gasteiger partial charge in [0.1, 0.15) is 6.04 Å². The second-order valence-electron chi connectivity index (χ2n) is 11.8. The molecule has 176 valence electrons. The minimum Gasteiger partial charge on any atom is -0.428 e. The van der Waals surface area contributed by atoms with E-state index in [1.807, 2.05) is 30.3 Å². The van der Waals surface area contributed by atoms with Crippen LogP contribution in [0.1, 0.15) is 65.9 Å². The van der Waals surface area contributed by atoms with E-state index >= 15 is 0 Å². The lowest BCUT2D eigenvalue weighted by atomic mass is 9.38. The van der Waals surface area contributed by atoms with Gasteiger partial charge in [-0.2, -0.15) is 0 Å². The molecule has 4 unspecified atom stereocenters. The fraction of sp³-hybridized carbons (Fsp3) is 0.731. The van der Waals surface area contributed by atoms with Crippen molar-refractivity contribution in [2.45, 2.75) is 90.6 Å². The molecule has 0 spiro atoms. The summed E-state index contributed by atoms with van der Waals surface area (Å²) in [5.41, 5.74) is 1.39. The standard InChI is InChI=1S/C26H40BClN2O2/c1-17(2)13-23(29-24(31)21(30-28)14-18-9-7-6-8-10-18)27-12-11-19-15-20-16-22(25(20,3)4)26(19,5)32-27/h6-10,17,19-23,30H,11-16H2,1-5H3,(H,29,31)/t19?,20?,21-,22?,23?,26-/m0/s1. The second kappa shape index (κ2) is 9.31. The zero-order valence-electron chi connectivity index (χ0n) is 20.4. The molecule has 1 saturated heterocycles. The quantitative estimate of drug-likeness (QED) is 0.412. The molecule has 0 radical (unpaired) electrons. The summed E-state index contributed by atoms with van der Waals surface area (Å²) in [5, 5.41) is 3.34. The number of nitrogens with one attached hydrogen (secondary N) is 2. The predicted molar refractivity (Wildman–Crippen MR) is 132 cm³/mol. The van der Waals surface area contributed by atoms with E-state index in [-0.39, 0.29) is 24.4 Å². The summed E-state index contributed by atoms with van der Waals surface area (Å²) < 4.78 is 6.99. The SMILES string of the molecule is CC(C)CC(NC(=O)[C@H](Cc1ccccc1)NCl)B1CCC2CC3CC(C3(C)C)[C@@]2(C)O1. The summed E-state index contributed by atoms with van der Waals surface area (Å²) in [5.74, 6) is 2.56. The minimum absolute atomic E-state index is 0.00415. The lowest BCUT2D eigenvalue weighted by molar-refractivity contribution is -0.221. The van der Waals surface area contributed by atoms with Crippen LogP contribution in [0.2, 0.25) is 6.32 Å². The fourth-order valence-corrected chi connectivity index (χ4v) is 7.17. The van der Waals surface area contributed by atoms with E-state index in [9.17, 15) is 4.79 Å². The van der Waals surface area contributed by atoms with E-state index < -0.39 is 6.04 Å². The molecule has 32 heavy (non-hydrogen) atoms. The molecule has 0 aromatic heterocycles. The topological polar surface area (TPSA) is 50.4 Å². The van der Waals surface area contributed by atoms with Crippen molar-refractivity contribution in [3.8, 4) is 0 Å². The van der Waals surface area contributed by atoms with Gasteiger partial charge in [0.15, 0.2) is 0 Å². The monoisotopic (exact) mass is 458 g/mol. The first-order chi connectivity index (χ1) is 15.1. The Hall–Kier alpha value is -1.04. The first-order valence-electron chi connectivity index (χ1n) is 12.5. The first-order valence-corrected chi connectivity index (χ1v) is 12.9. The molecule has 6 heteroatoms. The van der Waals surface area contributed by atoms with Gasteiger partial charge in [-0.3, -0.25) is 4.79 Å². The molecule has 2 bridgehead atoms. The molecule has 1 aromatic rings. The van der Waals surface area contributed by atoms with Crippen molar-refractivity contribution in [3.63, 3.8) is 0 Å². The van der Waals surface area contributed by atoms with Crippen molar-refractivity contribution in [2.75, 3.05) is 0 Å². The summed E-state index contributed by atoms with van der Waals surface area (Å²) in [6, 6.07) is 9.55. The van der Waals surface area contributed by atoms with Crippen LogP contribution < -0.4 is 10.2 Å². The Morgan fingerprint density at radius 3 is 2.53 bits per heavy atom. The Labute approximate surface area is 199 Å². The number of benzene rings is 1. The summed E-state index contributed by atoms with van der Waals surface area (Å²) in [6.07, 6.45) is 6.29. The molecule has 3 aliphatic carbocycles. The molecule has 1 amide bonds. The molecule has 1 heterocycles. The van der Waals surface area contributed by atoms with Crippen LogP contribution in [-0.2, 0) is 15.9 Å². The van der Waals surface area contributed by atoms with E-state index in [1.165, 1.54) is 19.3 Å². The molecule has 2 N–H and O–H groups in total. The third kappa shape index (κ3) is 4.50. The predicted octanol–water partition coefficient (Wildman–Crippen LogP) is 5.26. The highest BCUT2D eigenvalue weighted by Crippen LogP contribution is 2.67. The largest absolute Gasteiger partial charge is 0.428 e. The number of amides is 1. The van der Waals surface area contributed by atoms with Crippen LogP contribution in [0.5, 0.6) is 0 Å². The van der Waals surface area contributed by atoms with Gasteiger partial charge in [-0.05, 0) is 85.4 Å². The molecule has 5 rings (SSSR count). The molecule has 6 atom stereocenters. The van der Waals surface area contributed by atoms with Gasteiger partial charge in [0.05, 0.1) is 5.60 Å². The van der Waals surface area contributed by atoms with E-state index in [2.05, 4.69) is 44.8 Å². The number of carbonyl (C=O) groups excluding carboxylic acids is 1.